The van der Waals surface area contributed by atoms with Crippen molar-refractivity contribution in [2.75, 3.05) is 24.3 Å². The van der Waals surface area contributed by atoms with E-state index >= 15 is 0 Å². The number of benzene rings is 2. The Morgan fingerprint density at radius 2 is 1.72 bits per heavy atom. The third-order valence-electron chi connectivity index (χ3n) is 4.62. The Morgan fingerprint density at radius 3 is 2.34 bits per heavy atom. The normalized spacial score (nSPS) is 17.0. The molecular formula is C20H23N3O5S. The van der Waals surface area contributed by atoms with Gasteiger partial charge in [-0.15, -0.1) is 0 Å². The van der Waals surface area contributed by atoms with Crippen LogP contribution in [-0.2, 0) is 19.6 Å². The van der Waals surface area contributed by atoms with E-state index in [9.17, 15) is 18.0 Å². The van der Waals surface area contributed by atoms with Gasteiger partial charge >= 0.3 is 0 Å². The van der Waals surface area contributed by atoms with Crippen molar-refractivity contribution in [3.63, 3.8) is 0 Å². The predicted molar refractivity (Wildman–Crippen MR) is 109 cm³/mol. The van der Waals surface area contributed by atoms with Gasteiger partial charge in [0.1, 0.15) is 11.8 Å². The minimum absolute atomic E-state index is 0.116. The number of nitrogens with one attached hydrogen (secondary N) is 2. The van der Waals surface area contributed by atoms with E-state index in [4.69, 9.17) is 4.74 Å². The zero-order chi connectivity index (χ0) is 21.0. The summed E-state index contributed by atoms with van der Waals surface area (Å²) >= 11 is 0. The largest absolute Gasteiger partial charge is 0.497 e. The van der Waals surface area contributed by atoms with Crippen molar-refractivity contribution in [2.24, 2.45) is 0 Å². The van der Waals surface area contributed by atoms with Crippen LogP contribution in [0.15, 0.2) is 53.4 Å². The summed E-state index contributed by atoms with van der Waals surface area (Å²) in [6.45, 7) is 1.67. The van der Waals surface area contributed by atoms with Gasteiger partial charge in [-0.2, -0.15) is 4.31 Å². The molecule has 3 rings (SSSR count). The lowest BCUT2D eigenvalue weighted by molar-refractivity contribution is -0.119. The smallest absolute Gasteiger partial charge is 0.243 e. The molecule has 0 radical (unpaired) electrons. The molecule has 1 aliphatic heterocycles. The van der Waals surface area contributed by atoms with Gasteiger partial charge in [-0.05, 0) is 55.3 Å². The molecule has 0 saturated carbocycles. The third-order valence-corrected chi connectivity index (χ3v) is 6.55. The number of hydrogen-bond acceptors (Lipinski definition) is 5. The van der Waals surface area contributed by atoms with Crippen LogP contribution >= 0.6 is 0 Å². The Morgan fingerprint density at radius 1 is 1.07 bits per heavy atom. The van der Waals surface area contributed by atoms with E-state index in [1.807, 2.05) is 0 Å². The highest BCUT2D eigenvalue weighted by molar-refractivity contribution is 7.89. The molecule has 2 aromatic carbocycles. The van der Waals surface area contributed by atoms with Crippen molar-refractivity contribution in [1.29, 1.82) is 0 Å². The van der Waals surface area contributed by atoms with Crippen molar-refractivity contribution in [3.8, 4) is 5.75 Å². The van der Waals surface area contributed by atoms with Gasteiger partial charge in [0.2, 0.25) is 21.8 Å². The molecule has 2 N–H and O–H groups in total. The minimum Gasteiger partial charge on any atom is -0.497 e. The van der Waals surface area contributed by atoms with Crippen molar-refractivity contribution < 1.29 is 22.7 Å². The summed E-state index contributed by atoms with van der Waals surface area (Å²) in [5.41, 5.74) is 1.03. The third kappa shape index (κ3) is 4.75. The topological polar surface area (TPSA) is 105 Å². The summed E-state index contributed by atoms with van der Waals surface area (Å²) in [4.78, 5) is 24.1. The number of hydrogen-bond donors (Lipinski definition) is 2. The molecule has 0 bridgehead atoms. The molecule has 0 aromatic heterocycles. The molecule has 2 aromatic rings. The summed E-state index contributed by atoms with van der Waals surface area (Å²) in [7, 11) is -2.31. The van der Waals surface area contributed by atoms with Gasteiger partial charge in [-0.25, -0.2) is 8.42 Å². The lowest BCUT2D eigenvalue weighted by Gasteiger charge is -2.23. The summed E-state index contributed by atoms with van der Waals surface area (Å²) in [6.07, 6.45) is 1.03. The Kier molecular flexibility index (Phi) is 6.19. The lowest BCUT2D eigenvalue weighted by Crippen LogP contribution is -2.43. The monoisotopic (exact) mass is 417 g/mol. The van der Waals surface area contributed by atoms with E-state index in [1.54, 1.807) is 36.4 Å². The van der Waals surface area contributed by atoms with Crippen LogP contribution in [0, 0.1) is 0 Å². The predicted octanol–water partition coefficient (Wildman–Crippen LogP) is 2.45. The summed E-state index contributed by atoms with van der Waals surface area (Å²) in [5, 5.41) is 5.40. The van der Waals surface area contributed by atoms with Crippen LogP contribution in [0.5, 0.6) is 5.75 Å². The molecule has 2 amide bonds. The number of ether oxygens (including phenoxy) is 1. The average Bonchev–Trinajstić information content (AvgIpc) is 3.19. The van der Waals surface area contributed by atoms with Crippen LogP contribution < -0.4 is 15.4 Å². The Balaban J connectivity index is 1.77. The van der Waals surface area contributed by atoms with Gasteiger partial charge in [0.25, 0.3) is 0 Å². The van der Waals surface area contributed by atoms with Crippen molar-refractivity contribution >= 4 is 33.2 Å². The number of carbonyl (C=O) groups is 2. The molecule has 1 saturated heterocycles. The molecule has 1 atom stereocenters. The van der Waals surface area contributed by atoms with Crippen LogP contribution in [0.4, 0.5) is 11.4 Å². The highest BCUT2D eigenvalue weighted by Gasteiger charge is 2.39. The van der Waals surface area contributed by atoms with Gasteiger partial charge in [0, 0.05) is 24.8 Å². The van der Waals surface area contributed by atoms with E-state index in [2.05, 4.69) is 10.6 Å². The first kappa shape index (κ1) is 20.8. The van der Waals surface area contributed by atoms with Crippen molar-refractivity contribution in [2.45, 2.75) is 30.7 Å². The number of amides is 2. The summed E-state index contributed by atoms with van der Waals surface area (Å²) < 4.78 is 32.4. The maximum atomic E-state index is 13.0. The van der Waals surface area contributed by atoms with Gasteiger partial charge in [0.15, 0.2) is 0 Å². The second-order valence-electron chi connectivity index (χ2n) is 6.70. The first-order valence-corrected chi connectivity index (χ1v) is 10.6. The first-order chi connectivity index (χ1) is 13.8. The van der Waals surface area contributed by atoms with E-state index in [0.29, 0.717) is 30.0 Å². The standard InChI is InChI=1S/C20H23N3O5S/c1-14(24)21-15-5-3-6-16(13-15)22-20(25)19-7-4-12-23(19)29(26,27)18-10-8-17(28-2)9-11-18/h3,5-6,8-11,13,19H,4,7,12H2,1-2H3,(H,21,24)(H,22,25). The number of anilines is 2. The number of sulfonamides is 1. The molecule has 1 unspecified atom stereocenters. The maximum Gasteiger partial charge on any atom is 0.243 e. The van der Waals surface area contributed by atoms with Crippen LogP contribution in [0.1, 0.15) is 19.8 Å². The highest BCUT2D eigenvalue weighted by Crippen LogP contribution is 2.28. The molecule has 0 aliphatic carbocycles. The van der Waals surface area contributed by atoms with Crippen molar-refractivity contribution in [3.05, 3.63) is 48.5 Å². The minimum atomic E-state index is -3.81. The van der Waals surface area contributed by atoms with E-state index in [-0.39, 0.29) is 17.3 Å². The average molecular weight is 417 g/mol. The van der Waals surface area contributed by atoms with Crippen LogP contribution in [-0.4, -0.2) is 44.2 Å². The van der Waals surface area contributed by atoms with Gasteiger partial charge < -0.3 is 15.4 Å². The molecular weight excluding hydrogens is 394 g/mol. The van der Waals surface area contributed by atoms with Crippen molar-refractivity contribution in [1.82, 2.24) is 4.31 Å². The first-order valence-electron chi connectivity index (χ1n) is 9.15. The van der Waals surface area contributed by atoms with E-state index in [1.165, 1.54) is 30.5 Å². The Bertz CT molecular complexity index is 1010. The van der Waals surface area contributed by atoms with Gasteiger partial charge in [0.05, 0.1) is 12.0 Å². The van der Waals surface area contributed by atoms with E-state index in [0.717, 1.165) is 0 Å². The molecule has 1 aliphatic rings. The fourth-order valence-electron chi connectivity index (χ4n) is 3.28. The highest BCUT2D eigenvalue weighted by atomic mass is 32.2. The zero-order valence-electron chi connectivity index (χ0n) is 16.2. The molecule has 1 fully saturated rings. The lowest BCUT2D eigenvalue weighted by atomic mass is 10.2. The SMILES string of the molecule is COc1ccc(S(=O)(=O)N2CCCC2C(=O)Nc2cccc(NC(C)=O)c2)cc1. The number of carbonyl (C=O) groups excluding carboxylic acids is 2. The fourth-order valence-corrected chi connectivity index (χ4v) is 4.93. The molecule has 8 nitrogen and oxygen atoms in total. The summed E-state index contributed by atoms with van der Waals surface area (Å²) in [6, 6.07) is 12.0. The quantitative estimate of drug-likeness (QED) is 0.751. The number of rotatable bonds is 6. The van der Waals surface area contributed by atoms with Crippen LogP contribution in [0.25, 0.3) is 0 Å². The van der Waals surface area contributed by atoms with Gasteiger partial charge in [-0.1, -0.05) is 6.07 Å². The molecule has 0 spiro atoms. The van der Waals surface area contributed by atoms with Crippen LogP contribution in [0.3, 0.4) is 0 Å². The molecule has 154 valence electrons. The second kappa shape index (κ2) is 8.62. The van der Waals surface area contributed by atoms with E-state index < -0.39 is 22.0 Å². The Hall–Kier alpha value is -2.91. The van der Waals surface area contributed by atoms with Gasteiger partial charge in [-0.3, -0.25) is 9.59 Å². The van der Waals surface area contributed by atoms with Crippen LogP contribution in [0.2, 0.25) is 0 Å². The molecule has 29 heavy (non-hydrogen) atoms. The number of methoxy groups -OCH3 is 1. The molecule has 1 heterocycles. The Labute approximate surface area is 169 Å². The second-order valence-corrected chi connectivity index (χ2v) is 8.59. The maximum absolute atomic E-state index is 13.0. The molecule has 9 heteroatoms. The fraction of sp³-hybridized carbons (Fsp3) is 0.300. The summed E-state index contributed by atoms with van der Waals surface area (Å²) in [5.74, 6) is -0.0701. The zero-order valence-corrected chi connectivity index (χ0v) is 17.0. The number of nitrogens with zero attached hydrogens (tertiary/aromatic N) is 1.